The molecular weight excluding hydrogens is 779 g/mol. The van der Waals surface area contributed by atoms with Gasteiger partial charge in [0.15, 0.2) is 18.3 Å². The monoisotopic (exact) mass is 826 g/mol. The zero-order valence-electron chi connectivity index (χ0n) is 33.1. The third-order valence-electron chi connectivity index (χ3n) is 10.5. The first kappa shape index (κ1) is 42.5. The van der Waals surface area contributed by atoms with E-state index in [1.54, 1.807) is 36.7 Å². The highest BCUT2D eigenvalue weighted by atomic mass is 19.1. The van der Waals surface area contributed by atoms with Crippen molar-refractivity contribution >= 4 is 33.7 Å². The van der Waals surface area contributed by atoms with E-state index in [1.165, 1.54) is 30.7 Å². The van der Waals surface area contributed by atoms with Gasteiger partial charge < -0.3 is 28.5 Å². The van der Waals surface area contributed by atoms with E-state index in [1.807, 2.05) is 29.1 Å². The number of aromatic nitrogens is 4. The molecule has 60 heavy (non-hydrogen) atoms. The maximum atomic E-state index is 13.2. The number of aliphatic hydroxyl groups is 1. The number of fused-ring (bicyclic) bond motifs is 4. The summed E-state index contributed by atoms with van der Waals surface area (Å²) in [5, 5.41) is 11.4. The van der Waals surface area contributed by atoms with Crippen molar-refractivity contribution in [2.45, 2.75) is 77.0 Å². The van der Waals surface area contributed by atoms with Crippen molar-refractivity contribution < 1.29 is 47.4 Å². The minimum Gasteiger partial charge on any atom is -0.461 e. The molecule has 7 heterocycles. The Hall–Kier alpha value is -5.62. The van der Waals surface area contributed by atoms with Crippen molar-refractivity contribution in [3.63, 3.8) is 0 Å². The van der Waals surface area contributed by atoms with Gasteiger partial charge in [-0.25, -0.2) is 39.8 Å². The summed E-state index contributed by atoms with van der Waals surface area (Å²) >= 11 is 0. The molecule has 3 aliphatic heterocycles. The third kappa shape index (κ3) is 10.6. The van der Waals surface area contributed by atoms with Gasteiger partial charge in [-0.15, -0.1) is 0 Å². The van der Waals surface area contributed by atoms with Crippen molar-refractivity contribution in [2.24, 2.45) is 5.90 Å². The summed E-state index contributed by atoms with van der Waals surface area (Å²) in [5.74, 6) is 3.54. The number of carbonyl (C=O) groups is 2. The van der Waals surface area contributed by atoms with Crippen LogP contribution in [0.5, 0.6) is 0 Å². The van der Waals surface area contributed by atoms with Crippen molar-refractivity contribution in [1.29, 1.82) is 0 Å². The number of amides is 1. The van der Waals surface area contributed by atoms with Crippen LogP contribution in [0, 0.1) is 11.6 Å². The highest BCUT2D eigenvalue weighted by Gasteiger charge is 2.24. The number of benzene rings is 2. The van der Waals surface area contributed by atoms with Gasteiger partial charge in [0.05, 0.1) is 30.0 Å². The lowest BCUT2D eigenvalue weighted by atomic mass is 10.0. The van der Waals surface area contributed by atoms with Crippen LogP contribution in [0.25, 0.3) is 21.8 Å². The summed E-state index contributed by atoms with van der Waals surface area (Å²) in [6.45, 7) is 2.86. The van der Waals surface area contributed by atoms with E-state index in [9.17, 15) is 23.5 Å². The second kappa shape index (κ2) is 20.6. The van der Waals surface area contributed by atoms with Gasteiger partial charge in [0.25, 0.3) is 5.91 Å². The number of nitrogens with one attached hydrogen (secondary N) is 1. The highest BCUT2D eigenvalue weighted by molar-refractivity contribution is 5.98. The van der Waals surface area contributed by atoms with Crippen molar-refractivity contribution in [3.8, 4) is 0 Å². The summed E-state index contributed by atoms with van der Waals surface area (Å²) in [7, 11) is 0. The fraction of sp³-hybridized carbons (Fsp3) is 0.364. The number of hydrogen-bond acceptors (Lipinski definition) is 11. The van der Waals surface area contributed by atoms with E-state index in [-0.39, 0.29) is 42.6 Å². The van der Waals surface area contributed by atoms with Gasteiger partial charge in [0, 0.05) is 75.3 Å². The first-order chi connectivity index (χ1) is 29.3. The van der Waals surface area contributed by atoms with E-state index in [0.29, 0.717) is 44.0 Å². The van der Waals surface area contributed by atoms with Crippen molar-refractivity contribution in [3.05, 3.63) is 131 Å². The van der Waals surface area contributed by atoms with E-state index in [4.69, 9.17) is 24.9 Å². The molecule has 0 radical (unpaired) electrons. The number of pyridine rings is 2. The van der Waals surface area contributed by atoms with E-state index < -0.39 is 12.2 Å². The number of hydrogen-bond donors (Lipinski definition) is 3. The van der Waals surface area contributed by atoms with E-state index >= 15 is 0 Å². The summed E-state index contributed by atoms with van der Waals surface area (Å²) < 4.78 is 45.7. The van der Waals surface area contributed by atoms with Crippen LogP contribution in [-0.2, 0) is 49.8 Å². The lowest BCUT2D eigenvalue weighted by Gasteiger charge is -2.22. The van der Waals surface area contributed by atoms with Crippen LogP contribution in [0.2, 0.25) is 0 Å². The molecular formula is C44H48F2N6O8. The van der Waals surface area contributed by atoms with Crippen molar-refractivity contribution in [2.75, 3.05) is 26.4 Å². The molecule has 4 aromatic heterocycles. The summed E-state index contributed by atoms with van der Waals surface area (Å²) in [6, 6.07) is 16.7. The third-order valence-corrected chi connectivity index (χ3v) is 10.5. The molecule has 3 aliphatic rings. The van der Waals surface area contributed by atoms with Crippen LogP contribution in [0.4, 0.5) is 8.78 Å². The summed E-state index contributed by atoms with van der Waals surface area (Å²) in [4.78, 5) is 42.9. The predicted octanol–water partition coefficient (Wildman–Crippen LogP) is 6.29. The van der Waals surface area contributed by atoms with Gasteiger partial charge >= 0.3 is 5.97 Å². The maximum absolute atomic E-state index is 13.2. The molecule has 2 fully saturated rings. The first-order valence-corrected chi connectivity index (χ1v) is 20.1. The second-order valence-electron chi connectivity index (χ2n) is 14.5. The Morgan fingerprint density at radius 3 is 1.95 bits per heavy atom. The number of rotatable bonds is 10. The Morgan fingerprint density at radius 1 is 0.800 bits per heavy atom. The Balaban J connectivity index is 0.000000158. The number of esters is 1. The molecule has 2 saturated heterocycles. The zero-order valence-corrected chi connectivity index (χ0v) is 33.1. The maximum Gasteiger partial charge on any atom is 0.357 e. The number of halogens is 2. The topological polar surface area (TPSA) is 174 Å². The van der Waals surface area contributed by atoms with Crippen LogP contribution >= 0.6 is 0 Å². The van der Waals surface area contributed by atoms with Gasteiger partial charge in [0.1, 0.15) is 17.3 Å². The smallest absolute Gasteiger partial charge is 0.357 e. The number of aliphatic hydroxyl groups excluding tert-OH is 1. The molecule has 0 saturated carbocycles. The highest BCUT2D eigenvalue weighted by Crippen LogP contribution is 2.27. The number of cyclic esters (lactones) is 1. The molecule has 14 nitrogen and oxygen atoms in total. The molecule has 0 aliphatic carbocycles. The summed E-state index contributed by atoms with van der Waals surface area (Å²) in [6.07, 6.45) is 13.5. The lowest BCUT2D eigenvalue weighted by Crippen LogP contribution is -2.34. The fourth-order valence-corrected chi connectivity index (χ4v) is 7.37. The molecule has 4 N–H and O–H groups in total. The first-order valence-electron chi connectivity index (χ1n) is 20.1. The standard InChI is InChI=1S/C22H24FN3O4.C17H13FN2O2.C5H11NO2/c23-16-6-4-15(5-7-16)14-26-10-8-17-18(9-11-27)21(24-13-19(17)26)22(28)25-30-20-3-1-2-12-29-20;18-12-3-1-11(2-4-12)10-20-7-5-13-14-6-8-22-17(21)16(14)19-9-15(13)20;6-8-5-3-1-2-4-7-5/h4-8,10,13,20,27H,1-3,9,11-12,14H2,(H,25,28);1-5,7,9H,6,8,10H2;5H,1-4,6H2. The van der Waals surface area contributed by atoms with Gasteiger partial charge in [-0.05, 0) is 90.8 Å². The molecule has 16 heteroatoms. The van der Waals surface area contributed by atoms with Crippen LogP contribution in [0.3, 0.4) is 0 Å². The SMILES string of the molecule is NOC1CCCCO1.O=C(NOC1CCCCO1)c1ncc2c(ccn2Cc2ccc(F)cc2)c1CCO.O=C1OCCc2c1ncc1c2ccn1Cc1ccc(F)cc1. The average Bonchev–Trinajstić information content (AvgIpc) is 3.90. The molecule has 0 spiro atoms. The van der Waals surface area contributed by atoms with E-state index in [2.05, 4.69) is 24.9 Å². The quantitative estimate of drug-likeness (QED) is 0.105. The molecule has 1 amide bonds. The average molecular weight is 827 g/mol. The molecule has 0 bridgehead atoms. The second-order valence-corrected chi connectivity index (χ2v) is 14.5. The number of hydroxylamine groups is 1. The molecule has 316 valence electrons. The zero-order chi connectivity index (χ0) is 41.8. The van der Waals surface area contributed by atoms with Crippen LogP contribution in [0.15, 0.2) is 85.5 Å². The number of nitrogens with zero attached hydrogens (tertiary/aromatic N) is 4. The molecule has 2 unspecified atom stereocenters. The van der Waals surface area contributed by atoms with Crippen LogP contribution in [-0.4, -0.2) is 75.1 Å². The number of ether oxygens (including phenoxy) is 3. The number of nitrogens with two attached hydrogens (primary N) is 1. The van der Waals surface area contributed by atoms with Crippen LogP contribution < -0.4 is 11.4 Å². The van der Waals surface area contributed by atoms with Crippen molar-refractivity contribution in [1.82, 2.24) is 24.6 Å². The molecule has 6 aromatic rings. The molecule has 9 rings (SSSR count). The Labute approximate surface area is 345 Å². The van der Waals surface area contributed by atoms with E-state index in [0.717, 1.165) is 77.2 Å². The van der Waals surface area contributed by atoms with Gasteiger partial charge in [-0.2, -0.15) is 0 Å². The van der Waals surface area contributed by atoms with Gasteiger partial charge in [-0.1, -0.05) is 24.3 Å². The lowest BCUT2D eigenvalue weighted by molar-refractivity contribution is -0.186. The molecule has 2 aromatic carbocycles. The predicted molar refractivity (Wildman–Crippen MR) is 216 cm³/mol. The number of carbonyl (C=O) groups excluding carboxylic acids is 2. The van der Waals surface area contributed by atoms with Gasteiger partial charge in [-0.3, -0.25) is 9.63 Å². The van der Waals surface area contributed by atoms with Gasteiger partial charge in [0.2, 0.25) is 0 Å². The Kier molecular flexibility index (Phi) is 14.6. The Morgan fingerprint density at radius 2 is 1.38 bits per heavy atom. The minimum atomic E-state index is -0.471. The Bertz CT molecular complexity index is 2360. The molecule has 2 atom stereocenters. The normalized spacial score (nSPS) is 17.5. The fourth-order valence-electron chi connectivity index (χ4n) is 7.37. The summed E-state index contributed by atoms with van der Waals surface area (Å²) in [5.41, 5.74) is 8.42. The van der Waals surface area contributed by atoms with Crippen LogP contribution in [0.1, 0.15) is 81.8 Å². The largest absolute Gasteiger partial charge is 0.461 e. The minimum absolute atomic E-state index is 0.114.